The summed E-state index contributed by atoms with van der Waals surface area (Å²) in [5.41, 5.74) is 4.10. The van der Waals surface area contributed by atoms with E-state index in [0.717, 1.165) is 34.3 Å². The molecule has 3 rings (SSSR count). The molecule has 0 N–H and O–H groups in total. The van der Waals surface area contributed by atoms with Gasteiger partial charge < -0.3 is 4.90 Å². The smallest absolute Gasteiger partial charge is 0.258 e. The molecule has 0 radical (unpaired) electrons. The average molecular weight is 316 g/mol. The number of carbonyl (C=O) groups excluding carboxylic acids is 1. The van der Waals surface area contributed by atoms with E-state index in [1.165, 1.54) is 5.56 Å². The zero-order valence-corrected chi connectivity index (χ0v) is 12.3. The molecule has 1 heterocycles. The van der Waals surface area contributed by atoms with Gasteiger partial charge in [-0.15, -0.1) is 0 Å². The molecule has 2 aromatic carbocycles. The molecule has 0 aromatic heterocycles. The van der Waals surface area contributed by atoms with Gasteiger partial charge in [0.1, 0.15) is 0 Å². The van der Waals surface area contributed by atoms with Crippen molar-refractivity contribution < 1.29 is 4.79 Å². The molecule has 0 spiro atoms. The van der Waals surface area contributed by atoms with Gasteiger partial charge in [0.15, 0.2) is 0 Å². The molecule has 0 aliphatic carbocycles. The van der Waals surface area contributed by atoms with Gasteiger partial charge in [-0.2, -0.15) is 0 Å². The van der Waals surface area contributed by atoms with E-state index in [4.69, 9.17) is 0 Å². The zero-order valence-electron chi connectivity index (χ0n) is 10.7. The Morgan fingerprint density at radius 1 is 1.16 bits per heavy atom. The van der Waals surface area contributed by atoms with Crippen molar-refractivity contribution in [2.75, 3.05) is 11.4 Å². The first-order valence-corrected chi connectivity index (χ1v) is 7.12. The Labute approximate surface area is 121 Å². The van der Waals surface area contributed by atoms with Gasteiger partial charge in [-0.05, 0) is 42.7 Å². The van der Waals surface area contributed by atoms with E-state index in [-0.39, 0.29) is 5.91 Å². The Morgan fingerprint density at radius 2 is 1.95 bits per heavy atom. The monoisotopic (exact) mass is 315 g/mol. The van der Waals surface area contributed by atoms with Gasteiger partial charge in [-0.3, -0.25) is 4.79 Å². The molecule has 1 aliphatic rings. The Balaban J connectivity index is 2.00. The SMILES string of the molecule is Cc1ccc(N2CCc3ccccc3C2=O)cc1Br. The number of nitrogens with zero attached hydrogens (tertiary/aromatic N) is 1. The van der Waals surface area contributed by atoms with Crippen LogP contribution >= 0.6 is 15.9 Å². The van der Waals surface area contributed by atoms with Crippen LogP contribution in [0.15, 0.2) is 46.9 Å². The molecule has 3 heteroatoms. The minimum absolute atomic E-state index is 0.0950. The van der Waals surface area contributed by atoms with Crippen molar-refractivity contribution >= 4 is 27.5 Å². The van der Waals surface area contributed by atoms with E-state index in [2.05, 4.69) is 15.9 Å². The third kappa shape index (κ3) is 2.19. The molecule has 0 unspecified atom stereocenters. The highest BCUT2D eigenvalue weighted by Gasteiger charge is 2.25. The number of amides is 1. The lowest BCUT2D eigenvalue weighted by molar-refractivity contribution is 0.0980. The summed E-state index contributed by atoms with van der Waals surface area (Å²) in [5, 5.41) is 0. The van der Waals surface area contributed by atoms with Gasteiger partial charge in [0.2, 0.25) is 0 Å². The van der Waals surface area contributed by atoms with Crippen molar-refractivity contribution in [3.63, 3.8) is 0 Å². The second kappa shape index (κ2) is 4.82. The van der Waals surface area contributed by atoms with E-state index in [0.29, 0.717) is 0 Å². The molecular formula is C16H14BrNO. The van der Waals surface area contributed by atoms with Crippen molar-refractivity contribution in [1.82, 2.24) is 0 Å². The fourth-order valence-corrected chi connectivity index (χ4v) is 2.79. The van der Waals surface area contributed by atoms with Crippen LogP contribution < -0.4 is 4.90 Å². The van der Waals surface area contributed by atoms with Gasteiger partial charge in [-0.1, -0.05) is 40.2 Å². The molecule has 1 aliphatic heterocycles. The quantitative estimate of drug-likeness (QED) is 0.780. The summed E-state index contributed by atoms with van der Waals surface area (Å²) >= 11 is 3.53. The summed E-state index contributed by atoms with van der Waals surface area (Å²) in [5.74, 6) is 0.0950. The lowest BCUT2D eigenvalue weighted by Crippen LogP contribution is -2.37. The standard InChI is InChI=1S/C16H14BrNO/c1-11-6-7-13(10-15(11)17)18-9-8-12-4-2-3-5-14(12)16(18)19/h2-7,10H,8-9H2,1H3. The maximum atomic E-state index is 12.5. The third-order valence-corrected chi connectivity index (χ3v) is 4.42. The number of halogens is 1. The summed E-state index contributed by atoms with van der Waals surface area (Å²) in [4.78, 5) is 14.4. The Morgan fingerprint density at radius 3 is 2.74 bits per heavy atom. The lowest BCUT2D eigenvalue weighted by atomic mass is 9.98. The maximum absolute atomic E-state index is 12.5. The van der Waals surface area contributed by atoms with Crippen LogP contribution in [0.1, 0.15) is 21.5 Å². The molecule has 96 valence electrons. The summed E-state index contributed by atoms with van der Waals surface area (Å²) in [6.07, 6.45) is 0.910. The molecule has 0 bridgehead atoms. The van der Waals surface area contributed by atoms with Crippen LogP contribution in [-0.4, -0.2) is 12.5 Å². The number of anilines is 1. The van der Waals surface area contributed by atoms with Gasteiger partial charge in [0.25, 0.3) is 5.91 Å². The molecule has 0 fully saturated rings. The van der Waals surface area contributed by atoms with E-state index in [1.54, 1.807) is 0 Å². The molecular weight excluding hydrogens is 302 g/mol. The largest absolute Gasteiger partial charge is 0.308 e. The fourth-order valence-electron chi connectivity index (χ4n) is 2.42. The first-order valence-electron chi connectivity index (χ1n) is 6.33. The van der Waals surface area contributed by atoms with E-state index >= 15 is 0 Å². The third-order valence-electron chi connectivity index (χ3n) is 3.56. The Hall–Kier alpha value is -1.61. The summed E-state index contributed by atoms with van der Waals surface area (Å²) in [6.45, 7) is 2.78. The fraction of sp³-hybridized carbons (Fsp3) is 0.188. The van der Waals surface area contributed by atoms with Crippen LogP contribution in [0.5, 0.6) is 0 Å². The number of benzene rings is 2. The molecule has 1 amide bonds. The maximum Gasteiger partial charge on any atom is 0.258 e. The first-order chi connectivity index (χ1) is 9.16. The van der Waals surface area contributed by atoms with Crippen LogP contribution in [0.25, 0.3) is 0 Å². The molecule has 0 saturated carbocycles. The predicted molar refractivity (Wildman–Crippen MR) is 80.7 cm³/mol. The number of rotatable bonds is 1. The number of hydrogen-bond donors (Lipinski definition) is 0. The zero-order chi connectivity index (χ0) is 13.4. The molecule has 19 heavy (non-hydrogen) atoms. The first kappa shape index (κ1) is 12.4. The van der Waals surface area contributed by atoms with E-state index < -0.39 is 0 Å². The summed E-state index contributed by atoms with van der Waals surface area (Å²) in [7, 11) is 0. The summed E-state index contributed by atoms with van der Waals surface area (Å²) < 4.78 is 1.04. The Kier molecular flexibility index (Phi) is 3.15. The number of aryl methyl sites for hydroxylation is 1. The average Bonchev–Trinajstić information content (AvgIpc) is 2.43. The molecule has 2 aromatic rings. The van der Waals surface area contributed by atoms with E-state index in [9.17, 15) is 4.79 Å². The van der Waals surface area contributed by atoms with Crippen LogP contribution in [0.3, 0.4) is 0 Å². The van der Waals surface area contributed by atoms with Gasteiger partial charge in [-0.25, -0.2) is 0 Å². The summed E-state index contributed by atoms with van der Waals surface area (Å²) in [6, 6.07) is 13.9. The van der Waals surface area contributed by atoms with Crippen LogP contribution in [0.4, 0.5) is 5.69 Å². The molecule has 0 atom stereocenters. The van der Waals surface area contributed by atoms with Crippen molar-refractivity contribution in [2.45, 2.75) is 13.3 Å². The lowest BCUT2D eigenvalue weighted by Gasteiger charge is -2.28. The molecule has 0 saturated heterocycles. The number of carbonyl (C=O) groups is 1. The number of hydrogen-bond acceptors (Lipinski definition) is 1. The normalized spacial score (nSPS) is 14.4. The van der Waals surface area contributed by atoms with Crippen LogP contribution in [0, 0.1) is 6.92 Å². The van der Waals surface area contributed by atoms with Gasteiger partial charge in [0, 0.05) is 22.3 Å². The van der Waals surface area contributed by atoms with E-state index in [1.807, 2.05) is 54.3 Å². The van der Waals surface area contributed by atoms with Crippen molar-refractivity contribution in [2.24, 2.45) is 0 Å². The van der Waals surface area contributed by atoms with Gasteiger partial charge in [0.05, 0.1) is 0 Å². The van der Waals surface area contributed by atoms with Crippen LogP contribution in [0.2, 0.25) is 0 Å². The second-order valence-electron chi connectivity index (χ2n) is 4.80. The second-order valence-corrected chi connectivity index (χ2v) is 5.65. The minimum atomic E-state index is 0.0950. The van der Waals surface area contributed by atoms with Gasteiger partial charge >= 0.3 is 0 Å². The van der Waals surface area contributed by atoms with Crippen molar-refractivity contribution in [3.8, 4) is 0 Å². The highest BCUT2D eigenvalue weighted by molar-refractivity contribution is 9.10. The Bertz CT molecular complexity index is 651. The molecule has 2 nitrogen and oxygen atoms in total. The highest BCUT2D eigenvalue weighted by atomic mass is 79.9. The van der Waals surface area contributed by atoms with Crippen molar-refractivity contribution in [3.05, 3.63) is 63.6 Å². The highest BCUT2D eigenvalue weighted by Crippen LogP contribution is 2.28. The minimum Gasteiger partial charge on any atom is -0.308 e. The van der Waals surface area contributed by atoms with Crippen LogP contribution in [-0.2, 0) is 6.42 Å². The number of fused-ring (bicyclic) bond motifs is 1. The predicted octanol–water partition coefficient (Wildman–Crippen LogP) is 3.96. The van der Waals surface area contributed by atoms with Crippen molar-refractivity contribution in [1.29, 1.82) is 0 Å². The topological polar surface area (TPSA) is 20.3 Å².